The average molecular weight is 413 g/mol. The van der Waals surface area contributed by atoms with Crippen molar-refractivity contribution in [1.82, 2.24) is 0 Å². The highest BCUT2D eigenvalue weighted by molar-refractivity contribution is 5.95. The van der Waals surface area contributed by atoms with Crippen molar-refractivity contribution in [3.05, 3.63) is 48.0 Å². The molecule has 0 radical (unpaired) electrons. The van der Waals surface area contributed by atoms with Crippen molar-refractivity contribution in [2.45, 2.75) is 20.0 Å². The number of carbonyl (C=O) groups excluding carboxylic acids is 2. The van der Waals surface area contributed by atoms with E-state index in [0.717, 1.165) is 5.56 Å². The van der Waals surface area contributed by atoms with E-state index in [2.05, 4.69) is 5.32 Å². The predicted molar refractivity (Wildman–Crippen MR) is 110 cm³/mol. The quantitative estimate of drug-likeness (QED) is 0.663. The van der Waals surface area contributed by atoms with Crippen LogP contribution in [-0.2, 0) is 14.3 Å². The minimum atomic E-state index is -1.01. The third-order valence-electron chi connectivity index (χ3n) is 4.21. The summed E-state index contributed by atoms with van der Waals surface area (Å²) in [4.78, 5) is 24.4. The molecule has 2 aromatic rings. The van der Waals surface area contributed by atoms with Crippen molar-refractivity contribution in [1.29, 1.82) is 0 Å². The van der Waals surface area contributed by atoms with Gasteiger partial charge in [0.25, 0.3) is 5.91 Å². The molecule has 1 heterocycles. The molecule has 8 heteroatoms. The molecule has 30 heavy (non-hydrogen) atoms. The smallest absolute Gasteiger partial charge is 0.344 e. The van der Waals surface area contributed by atoms with Crippen LogP contribution in [0.2, 0.25) is 0 Å². The predicted octanol–water partition coefficient (Wildman–Crippen LogP) is 3.41. The molecule has 8 nitrogen and oxygen atoms in total. The first-order chi connectivity index (χ1) is 14.5. The number of methoxy groups -OCH3 is 1. The van der Waals surface area contributed by atoms with Gasteiger partial charge in [-0.05, 0) is 43.7 Å². The SMILES string of the molecule is C/C=C/c1ccc(OCC(=O)O[C@H](C)C(=O)Nc2ccc3c(c2)OCO3)c(OC)c1. The molecule has 1 atom stereocenters. The van der Waals surface area contributed by atoms with Crippen LogP contribution in [0.4, 0.5) is 5.69 Å². The third kappa shape index (κ3) is 5.22. The molecule has 0 aromatic heterocycles. The third-order valence-corrected chi connectivity index (χ3v) is 4.21. The molecule has 0 saturated carbocycles. The Hall–Kier alpha value is -3.68. The summed E-state index contributed by atoms with van der Waals surface area (Å²) in [5, 5.41) is 2.67. The highest BCUT2D eigenvalue weighted by Crippen LogP contribution is 2.34. The fourth-order valence-electron chi connectivity index (χ4n) is 2.74. The molecule has 158 valence electrons. The lowest BCUT2D eigenvalue weighted by Gasteiger charge is -2.15. The van der Waals surface area contributed by atoms with Crippen molar-refractivity contribution in [2.75, 3.05) is 25.8 Å². The summed E-state index contributed by atoms with van der Waals surface area (Å²) in [5.41, 5.74) is 1.45. The van der Waals surface area contributed by atoms with Gasteiger partial charge >= 0.3 is 5.97 Å². The number of esters is 1. The molecule has 1 N–H and O–H groups in total. The molecule has 2 aromatic carbocycles. The summed E-state index contributed by atoms with van der Waals surface area (Å²) in [6, 6.07) is 10.3. The molecule has 0 unspecified atom stereocenters. The van der Waals surface area contributed by atoms with E-state index in [4.69, 9.17) is 23.7 Å². The fourth-order valence-corrected chi connectivity index (χ4v) is 2.74. The lowest BCUT2D eigenvalue weighted by atomic mass is 10.2. The van der Waals surface area contributed by atoms with Crippen LogP contribution in [-0.4, -0.2) is 38.5 Å². The van der Waals surface area contributed by atoms with Gasteiger partial charge in [0.2, 0.25) is 6.79 Å². The van der Waals surface area contributed by atoms with Gasteiger partial charge in [0.15, 0.2) is 35.7 Å². The Balaban J connectivity index is 1.51. The Labute approximate surface area is 174 Å². The van der Waals surface area contributed by atoms with Crippen LogP contribution >= 0.6 is 0 Å². The Morgan fingerprint density at radius 2 is 1.93 bits per heavy atom. The van der Waals surface area contributed by atoms with Crippen LogP contribution in [0.5, 0.6) is 23.0 Å². The minimum Gasteiger partial charge on any atom is -0.493 e. The topological polar surface area (TPSA) is 92.3 Å². The van der Waals surface area contributed by atoms with E-state index < -0.39 is 18.0 Å². The number of carbonyl (C=O) groups is 2. The van der Waals surface area contributed by atoms with E-state index in [1.807, 2.05) is 25.1 Å². The summed E-state index contributed by atoms with van der Waals surface area (Å²) in [7, 11) is 1.52. The van der Waals surface area contributed by atoms with Crippen LogP contribution in [0.3, 0.4) is 0 Å². The van der Waals surface area contributed by atoms with Gasteiger partial charge in [-0.1, -0.05) is 18.2 Å². The molecule has 0 bridgehead atoms. The number of hydrogen-bond acceptors (Lipinski definition) is 7. The lowest BCUT2D eigenvalue weighted by Crippen LogP contribution is -2.31. The van der Waals surface area contributed by atoms with E-state index in [0.29, 0.717) is 28.7 Å². The Morgan fingerprint density at radius 3 is 2.70 bits per heavy atom. The number of rotatable bonds is 8. The number of anilines is 1. The van der Waals surface area contributed by atoms with Crippen LogP contribution < -0.4 is 24.3 Å². The molecule has 0 spiro atoms. The normalized spacial score (nSPS) is 13.0. The molecular weight excluding hydrogens is 390 g/mol. The number of allylic oxidation sites excluding steroid dienone is 1. The molecule has 0 saturated heterocycles. The van der Waals surface area contributed by atoms with Gasteiger partial charge < -0.3 is 29.0 Å². The maximum atomic E-state index is 12.3. The molecule has 1 aliphatic rings. The fraction of sp³-hybridized carbons (Fsp3) is 0.273. The zero-order chi connectivity index (χ0) is 21.5. The molecule has 1 amide bonds. The number of hydrogen-bond donors (Lipinski definition) is 1. The summed E-state index contributed by atoms with van der Waals surface area (Å²) >= 11 is 0. The van der Waals surface area contributed by atoms with Crippen molar-refractivity contribution >= 4 is 23.6 Å². The Morgan fingerprint density at radius 1 is 1.13 bits per heavy atom. The highest BCUT2D eigenvalue weighted by atomic mass is 16.7. The first-order valence-electron chi connectivity index (χ1n) is 9.33. The van der Waals surface area contributed by atoms with Gasteiger partial charge in [0.1, 0.15) is 0 Å². The summed E-state index contributed by atoms with van der Waals surface area (Å²) in [6.07, 6.45) is 2.81. The zero-order valence-corrected chi connectivity index (χ0v) is 17.0. The molecule has 3 rings (SSSR count). The second-order valence-corrected chi connectivity index (χ2v) is 6.39. The summed E-state index contributed by atoms with van der Waals surface area (Å²) in [6.45, 7) is 3.17. The number of fused-ring (bicyclic) bond motifs is 1. The number of nitrogens with one attached hydrogen (secondary N) is 1. The first-order valence-corrected chi connectivity index (χ1v) is 9.33. The van der Waals surface area contributed by atoms with Crippen LogP contribution in [0.1, 0.15) is 19.4 Å². The zero-order valence-electron chi connectivity index (χ0n) is 17.0. The van der Waals surface area contributed by atoms with Gasteiger partial charge in [-0.15, -0.1) is 0 Å². The number of benzene rings is 2. The Kier molecular flexibility index (Phi) is 6.79. The van der Waals surface area contributed by atoms with Crippen LogP contribution in [0, 0.1) is 0 Å². The van der Waals surface area contributed by atoms with E-state index in [1.54, 1.807) is 30.3 Å². The minimum absolute atomic E-state index is 0.142. The standard InChI is InChI=1S/C22H23NO7/c1-4-5-15-6-8-17(19(10-15)26-3)27-12-21(24)30-14(2)22(25)23-16-7-9-18-20(11-16)29-13-28-18/h4-11,14H,12-13H2,1-3H3,(H,23,25)/b5-4+/t14-/m1/s1. The van der Waals surface area contributed by atoms with E-state index in [1.165, 1.54) is 14.0 Å². The number of amides is 1. The maximum Gasteiger partial charge on any atom is 0.344 e. The summed E-state index contributed by atoms with van der Waals surface area (Å²) in [5.74, 6) is 0.893. The molecule has 0 fully saturated rings. The maximum absolute atomic E-state index is 12.3. The van der Waals surface area contributed by atoms with Gasteiger partial charge in [-0.3, -0.25) is 4.79 Å². The monoisotopic (exact) mass is 413 g/mol. The molecule has 1 aliphatic heterocycles. The van der Waals surface area contributed by atoms with Crippen molar-refractivity contribution in [3.8, 4) is 23.0 Å². The Bertz CT molecular complexity index is 954. The van der Waals surface area contributed by atoms with Gasteiger partial charge in [-0.2, -0.15) is 0 Å². The first kappa shape index (κ1) is 21.0. The van der Waals surface area contributed by atoms with Crippen molar-refractivity contribution < 1.29 is 33.3 Å². The van der Waals surface area contributed by atoms with E-state index in [-0.39, 0.29) is 13.4 Å². The molecular formula is C22H23NO7. The molecule has 0 aliphatic carbocycles. The van der Waals surface area contributed by atoms with E-state index in [9.17, 15) is 9.59 Å². The highest BCUT2D eigenvalue weighted by Gasteiger charge is 2.20. The van der Waals surface area contributed by atoms with Crippen molar-refractivity contribution in [3.63, 3.8) is 0 Å². The summed E-state index contributed by atoms with van der Waals surface area (Å²) < 4.78 is 26.4. The van der Waals surface area contributed by atoms with Gasteiger partial charge in [0.05, 0.1) is 7.11 Å². The van der Waals surface area contributed by atoms with Gasteiger partial charge in [-0.25, -0.2) is 4.79 Å². The van der Waals surface area contributed by atoms with Crippen LogP contribution in [0.15, 0.2) is 42.5 Å². The van der Waals surface area contributed by atoms with E-state index >= 15 is 0 Å². The number of ether oxygens (including phenoxy) is 5. The van der Waals surface area contributed by atoms with Crippen molar-refractivity contribution in [2.24, 2.45) is 0 Å². The second-order valence-electron chi connectivity index (χ2n) is 6.39. The largest absolute Gasteiger partial charge is 0.493 e. The average Bonchev–Trinajstić information content (AvgIpc) is 3.20. The van der Waals surface area contributed by atoms with Gasteiger partial charge in [0, 0.05) is 11.8 Å². The van der Waals surface area contributed by atoms with Crippen LogP contribution in [0.25, 0.3) is 6.08 Å². The lowest BCUT2D eigenvalue weighted by molar-refractivity contribution is -0.155. The second kappa shape index (κ2) is 9.69.